The largest absolute Gasteiger partial charge is 0.495 e. The van der Waals surface area contributed by atoms with E-state index in [1.54, 1.807) is 7.11 Å². The molecule has 1 aliphatic rings. The van der Waals surface area contributed by atoms with Gasteiger partial charge in [-0.25, -0.2) is 4.79 Å². The lowest BCUT2D eigenvalue weighted by Crippen LogP contribution is -2.50. The Bertz CT molecular complexity index is 827. The van der Waals surface area contributed by atoms with Crippen LogP contribution in [0.15, 0.2) is 42.5 Å². The van der Waals surface area contributed by atoms with Crippen LogP contribution in [0, 0.1) is 6.92 Å². The first-order valence-corrected chi connectivity index (χ1v) is 10.4. The summed E-state index contributed by atoms with van der Waals surface area (Å²) in [4.78, 5) is 19.2. The predicted molar refractivity (Wildman–Crippen MR) is 121 cm³/mol. The lowest BCUT2D eigenvalue weighted by molar-refractivity contribution is 0.208. The fraction of sp³-hybridized carbons (Fsp3) is 0.435. The number of anilines is 3. The van der Waals surface area contributed by atoms with Crippen LogP contribution in [0.3, 0.4) is 0 Å². The van der Waals surface area contributed by atoms with Gasteiger partial charge in [0.25, 0.3) is 0 Å². The molecule has 1 heterocycles. The maximum absolute atomic E-state index is 12.8. The van der Waals surface area contributed by atoms with E-state index in [1.165, 1.54) is 5.69 Å². The van der Waals surface area contributed by atoms with Gasteiger partial charge in [0.1, 0.15) is 5.75 Å². The number of carbonyl (C=O) groups excluding carboxylic acids is 1. The number of aryl methyl sites for hydroxylation is 1. The van der Waals surface area contributed by atoms with Crippen molar-refractivity contribution in [1.82, 2.24) is 4.90 Å². The van der Waals surface area contributed by atoms with E-state index < -0.39 is 0 Å². The number of benzene rings is 2. The highest BCUT2D eigenvalue weighted by Gasteiger charge is 2.23. The monoisotopic (exact) mass is 396 g/mol. The van der Waals surface area contributed by atoms with Crippen LogP contribution in [0.2, 0.25) is 0 Å². The quantitative estimate of drug-likeness (QED) is 0.795. The van der Waals surface area contributed by atoms with Gasteiger partial charge in [0, 0.05) is 50.6 Å². The Balaban J connectivity index is 1.60. The SMILES string of the molecule is CCN(CC)c1ccc(NC(=O)N2CCN(c3ccccc3OC)CC2)c(C)c1. The van der Waals surface area contributed by atoms with Gasteiger partial charge in [-0.1, -0.05) is 12.1 Å². The van der Waals surface area contributed by atoms with Gasteiger partial charge in [-0.2, -0.15) is 0 Å². The molecule has 0 spiro atoms. The van der Waals surface area contributed by atoms with Crippen LogP contribution in [0.1, 0.15) is 19.4 Å². The minimum Gasteiger partial charge on any atom is -0.495 e. The van der Waals surface area contributed by atoms with Gasteiger partial charge >= 0.3 is 6.03 Å². The standard InChI is InChI=1S/C23H32N4O2/c1-5-25(6-2)19-11-12-20(18(3)17-19)24-23(28)27-15-13-26(14-16-27)21-9-7-8-10-22(21)29-4/h7-12,17H,5-6,13-16H2,1-4H3,(H,24,28). The number of rotatable bonds is 6. The number of para-hydroxylation sites is 2. The first-order valence-electron chi connectivity index (χ1n) is 10.4. The summed E-state index contributed by atoms with van der Waals surface area (Å²) in [6, 6.07) is 14.2. The topological polar surface area (TPSA) is 48.1 Å². The first-order chi connectivity index (χ1) is 14.1. The van der Waals surface area contributed by atoms with Gasteiger partial charge in [0.15, 0.2) is 0 Å². The lowest BCUT2D eigenvalue weighted by Gasteiger charge is -2.36. The molecule has 6 heteroatoms. The zero-order valence-electron chi connectivity index (χ0n) is 17.9. The number of carbonyl (C=O) groups is 1. The Labute approximate surface area is 174 Å². The fourth-order valence-corrected chi connectivity index (χ4v) is 3.81. The number of methoxy groups -OCH3 is 1. The molecule has 3 rings (SSSR count). The summed E-state index contributed by atoms with van der Waals surface area (Å²) >= 11 is 0. The second kappa shape index (κ2) is 9.54. The average Bonchev–Trinajstić information content (AvgIpc) is 2.76. The Morgan fingerprint density at radius 2 is 1.76 bits per heavy atom. The molecule has 0 saturated carbocycles. The molecule has 156 valence electrons. The average molecular weight is 397 g/mol. The first kappa shape index (κ1) is 20.8. The molecule has 29 heavy (non-hydrogen) atoms. The molecule has 1 N–H and O–H groups in total. The molecule has 0 radical (unpaired) electrons. The van der Waals surface area contributed by atoms with Crippen molar-refractivity contribution in [2.75, 3.05) is 61.5 Å². The maximum atomic E-state index is 12.8. The van der Waals surface area contributed by atoms with Gasteiger partial charge in [-0.3, -0.25) is 0 Å². The van der Waals surface area contributed by atoms with Gasteiger partial charge < -0.3 is 24.8 Å². The van der Waals surface area contributed by atoms with Crippen LogP contribution in [0.4, 0.5) is 21.9 Å². The van der Waals surface area contributed by atoms with Crippen molar-refractivity contribution < 1.29 is 9.53 Å². The van der Waals surface area contributed by atoms with E-state index in [9.17, 15) is 4.79 Å². The van der Waals surface area contributed by atoms with E-state index in [0.29, 0.717) is 13.1 Å². The van der Waals surface area contributed by atoms with Gasteiger partial charge in [0.05, 0.1) is 12.8 Å². The van der Waals surface area contributed by atoms with Crippen LogP contribution in [-0.4, -0.2) is 57.3 Å². The Morgan fingerprint density at radius 1 is 1.07 bits per heavy atom. The molecule has 2 aromatic rings. The minimum atomic E-state index is -0.0386. The van der Waals surface area contributed by atoms with Crippen molar-refractivity contribution in [2.45, 2.75) is 20.8 Å². The molecule has 1 saturated heterocycles. The molecule has 0 aromatic heterocycles. The van der Waals surface area contributed by atoms with Crippen molar-refractivity contribution in [2.24, 2.45) is 0 Å². The molecular weight excluding hydrogens is 364 g/mol. The highest BCUT2D eigenvalue weighted by molar-refractivity contribution is 5.90. The molecule has 0 bridgehead atoms. The molecule has 1 fully saturated rings. The van der Waals surface area contributed by atoms with Crippen molar-refractivity contribution in [1.29, 1.82) is 0 Å². The number of ether oxygens (including phenoxy) is 1. The zero-order chi connectivity index (χ0) is 20.8. The number of urea groups is 1. The summed E-state index contributed by atoms with van der Waals surface area (Å²) in [5.41, 5.74) is 4.22. The van der Waals surface area contributed by atoms with Crippen LogP contribution < -0.4 is 19.9 Å². The summed E-state index contributed by atoms with van der Waals surface area (Å²) in [5.74, 6) is 0.870. The van der Waals surface area contributed by atoms with Crippen LogP contribution in [-0.2, 0) is 0 Å². The number of nitrogens with zero attached hydrogens (tertiary/aromatic N) is 3. The molecule has 1 aliphatic heterocycles. The van der Waals surface area contributed by atoms with Crippen molar-refractivity contribution in [3.05, 3.63) is 48.0 Å². The summed E-state index contributed by atoms with van der Waals surface area (Å²) in [6.45, 7) is 11.2. The van der Waals surface area contributed by atoms with E-state index >= 15 is 0 Å². The summed E-state index contributed by atoms with van der Waals surface area (Å²) in [5, 5.41) is 3.08. The molecule has 2 amide bonds. The molecule has 2 aromatic carbocycles. The smallest absolute Gasteiger partial charge is 0.321 e. The maximum Gasteiger partial charge on any atom is 0.321 e. The molecular formula is C23H32N4O2. The highest BCUT2D eigenvalue weighted by Crippen LogP contribution is 2.28. The van der Waals surface area contributed by atoms with E-state index in [0.717, 1.165) is 48.9 Å². The Morgan fingerprint density at radius 3 is 2.38 bits per heavy atom. The third-order valence-electron chi connectivity index (χ3n) is 5.57. The number of nitrogens with one attached hydrogen (secondary N) is 1. The van der Waals surface area contributed by atoms with Crippen LogP contribution >= 0.6 is 0 Å². The molecule has 0 atom stereocenters. The van der Waals surface area contributed by atoms with Crippen molar-refractivity contribution in [3.8, 4) is 5.75 Å². The number of piperazine rings is 1. The summed E-state index contributed by atoms with van der Waals surface area (Å²) in [6.07, 6.45) is 0. The highest BCUT2D eigenvalue weighted by atomic mass is 16.5. The Kier molecular flexibility index (Phi) is 6.86. The van der Waals surface area contributed by atoms with Gasteiger partial charge in [0.2, 0.25) is 0 Å². The van der Waals surface area contributed by atoms with E-state index in [4.69, 9.17) is 4.74 Å². The third kappa shape index (κ3) is 4.75. The van der Waals surface area contributed by atoms with E-state index in [-0.39, 0.29) is 6.03 Å². The fourth-order valence-electron chi connectivity index (χ4n) is 3.81. The van der Waals surface area contributed by atoms with Crippen LogP contribution in [0.25, 0.3) is 0 Å². The van der Waals surface area contributed by atoms with Crippen LogP contribution in [0.5, 0.6) is 5.75 Å². The minimum absolute atomic E-state index is 0.0386. The third-order valence-corrected chi connectivity index (χ3v) is 5.57. The van der Waals surface area contributed by atoms with E-state index in [2.05, 4.69) is 47.2 Å². The van der Waals surface area contributed by atoms with Crippen molar-refractivity contribution in [3.63, 3.8) is 0 Å². The van der Waals surface area contributed by atoms with E-state index in [1.807, 2.05) is 36.1 Å². The number of amides is 2. The molecule has 0 unspecified atom stereocenters. The van der Waals surface area contributed by atoms with Gasteiger partial charge in [-0.15, -0.1) is 0 Å². The zero-order valence-corrected chi connectivity index (χ0v) is 17.9. The molecule has 0 aliphatic carbocycles. The second-order valence-electron chi connectivity index (χ2n) is 7.25. The number of hydrogen-bond acceptors (Lipinski definition) is 4. The van der Waals surface area contributed by atoms with Gasteiger partial charge in [-0.05, 0) is 56.7 Å². The summed E-state index contributed by atoms with van der Waals surface area (Å²) < 4.78 is 5.47. The number of hydrogen-bond donors (Lipinski definition) is 1. The molecule has 6 nitrogen and oxygen atoms in total. The normalized spacial score (nSPS) is 13.9. The Hall–Kier alpha value is -2.89. The van der Waals surface area contributed by atoms with Crippen molar-refractivity contribution >= 4 is 23.1 Å². The summed E-state index contributed by atoms with van der Waals surface area (Å²) in [7, 11) is 1.69. The predicted octanol–water partition coefficient (Wildman–Crippen LogP) is 4.20. The second-order valence-corrected chi connectivity index (χ2v) is 7.25. The lowest BCUT2D eigenvalue weighted by atomic mass is 10.1.